The SMILES string of the molecule is CCNC(=O)Nc1nc2c(-c3ccccn3)cc(-c3ccc(C(C)N4CCOCC4)nc3)cc2[nH]1. The van der Waals surface area contributed by atoms with Crippen molar-refractivity contribution in [1.82, 2.24) is 30.2 Å². The minimum atomic E-state index is -0.305. The number of imidazole rings is 1. The van der Waals surface area contributed by atoms with Crippen LogP contribution in [-0.4, -0.2) is 63.7 Å². The first kappa shape index (κ1) is 22.9. The molecule has 0 radical (unpaired) electrons. The fourth-order valence-corrected chi connectivity index (χ4v) is 4.35. The van der Waals surface area contributed by atoms with E-state index in [2.05, 4.69) is 55.6 Å². The molecule has 2 amide bonds. The molecule has 1 atom stereocenters. The number of urea groups is 1. The molecule has 3 N–H and O–H groups in total. The number of aromatic nitrogens is 4. The van der Waals surface area contributed by atoms with Gasteiger partial charge in [-0.1, -0.05) is 12.1 Å². The standard InChI is InChI=1S/C26H29N7O2/c1-3-27-26(34)32-25-30-23-15-19(14-20(24(23)31-25)22-6-4-5-9-28-22)18-7-8-21(29-16-18)17(2)33-10-12-35-13-11-33/h4-9,14-17H,3,10-13H2,1-2H3,(H3,27,30,31,32,34). The number of amides is 2. The van der Waals surface area contributed by atoms with Crippen molar-refractivity contribution in [3.8, 4) is 22.4 Å². The highest BCUT2D eigenvalue weighted by Gasteiger charge is 2.20. The molecule has 0 bridgehead atoms. The molecule has 1 aliphatic heterocycles. The van der Waals surface area contributed by atoms with Gasteiger partial charge in [-0.2, -0.15) is 0 Å². The van der Waals surface area contributed by atoms with Crippen LogP contribution in [0.1, 0.15) is 25.6 Å². The van der Waals surface area contributed by atoms with Gasteiger partial charge in [-0.25, -0.2) is 9.78 Å². The number of H-pyrrole nitrogens is 1. The van der Waals surface area contributed by atoms with Gasteiger partial charge in [-0.05, 0) is 49.7 Å². The number of carbonyl (C=O) groups is 1. The van der Waals surface area contributed by atoms with E-state index in [0.717, 1.165) is 65.4 Å². The second-order valence-corrected chi connectivity index (χ2v) is 8.50. The third-order valence-electron chi connectivity index (χ3n) is 6.24. The predicted octanol–water partition coefficient (Wildman–Crippen LogP) is 4.22. The van der Waals surface area contributed by atoms with Crippen LogP contribution in [0.25, 0.3) is 33.4 Å². The fourth-order valence-electron chi connectivity index (χ4n) is 4.35. The number of fused-ring (bicyclic) bond motifs is 1. The molecule has 4 heterocycles. The summed E-state index contributed by atoms with van der Waals surface area (Å²) >= 11 is 0. The van der Waals surface area contributed by atoms with Crippen LogP contribution in [0.3, 0.4) is 0 Å². The first-order chi connectivity index (χ1) is 17.1. The van der Waals surface area contributed by atoms with Crippen LogP contribution in [0.5, 0.6) is 0 Å². The van der Waals surface area contributed by atoms with Crippen LogP contribution in [0, 0.1) is 0 Å². The Hall–Kier alpha value is -3.82. The Morgan fingerprint density at radius 2 is 2.00 bits per heavy atom. The van der Waals surface area contributed by atoms with E-state index < -0.39 is 0 Å². The summed E-state index contributed by atoms with van der Waals surface area (Å²) in [5.74, 6) is 0.382. The lowest BCUT2D eigenvalue weighted by Gasteiger charge is -2.31. The molecule has 1 fully saturated rings. The largest absolute Gasteiger partial charge is 0.379 e. The highest BCUT2D eigenvalue weighted by atomic mass is 16.5. The van der Waals surface area contributed by atoms with Crippen molar-refractivity contribution >= 4 is 23.0 Å². The topological polar surface area (TPSA) is 108 Å². The van der Waals surface area contributed by atoms with E-state index in [1.807, 2.05) is 37.4 Å². The molecule has 9 nitrogen and oxygen atoms in total. The zero-order valence-electron chi connectivity index (χ0n) is 19.9. The van der Waals surface area contributed by atoms with E-state index in [1.165, 1.54) is 0 Å². The third-order valence-corrected chi connectivity index (χ3v) is 6.24. The van der Waals surface area contributed by atoms with E-state index in [0.29, 0.717) is 12.5 Å². The van der Waals surface area contributed by atoms with Gasteiger partial charge in [-0.3, -0.25) is 20.2 Å². The van der Waals surface area contributed by atoms with Crippen molar-refractivity contribution in [2.75, 3.05) is 38.2 Å². The molecule has 1 aromatic carbocycles. The Bertz CT molecular complexity index is 1300. The molecule has 0 saturated carbocycles. The zero-order valence-corrected chi connectivity index (χ0v) is 19.9. The summed E-state index contributed by atoms with van der Waals surface area (Å²) < 4.78 is 5.48. The number of anilines is 1. The summed E-state index contributed by atoms with van der Waals surface area (Å²) in [6.07, 6.45) is 3.68. The maximum atomic E-state index is 12.0. The summed E-state index contributed by atoms with van der Waals surface area (Å²) in [6.45, 7) is 7.95. The number of pyridine rings is 2. The first-order valence-electron chi connectivity index (χ1n) is 11.9. The van der Waals surface area contributed by atoms with Gasteiger partial charge in [-0.15, -0.1) is 0 Å². The van der Waals surface area contributed by atoms with Crippen LogP contribution < -0.4 is 10.6 Å². The predicted molar refractivity (Wildman–Crippen MR) is 136 cm³/mol. The number of carbonyl (C=O) groups excluding carboxylic acids is 1. The highest BCUT2D eigenvalue weighted by molar-refractivity contribution is 5.97. The van der Waals surface area contributed by atoms with Gasteiger partial charge < -0.3 is 15.0 Å². The quantitative estimate of drug-likeness (QED) is 0.389. The van der Waals surface area contributed by atoms with Gasteiger partial charge in [0.1, 0.15) is 0 Å². The molecule has 35 heavy (non-hydrogen) atoms. The van der Waals surface area contributed by atoms with E-state index in [1.54, 1.807) is 6.20 Å². The molecular formula is C26H29N7O2. The van der Waals surface area contributed by atoms with Crippen LogP contribution in [0.4, 0.5) is 10.7 Å². The minimum Gasteiger partial charge on any atom is -0.379 e. The second kappa shape index (κ2) is 10.2. The normalized spacial score (nSPS) is 15.1. The maximum absolute atomic E-state index is 12.0. The van der Waals surface area contributed by atoms with Crippen molar-refractivity contribution in [3.63, 3.8) is 0 Å². The Balaban J connectivity index is 1.50. The van der Waals surface area contributed by atoms with Crippen LogP contribution in [0.2, 0.25) is 0 Å². The summed E-state index contributed by atoms with van der Waals surface area (Å²) in [4.78, 5) is 31.6. The van der Waals surface area contributed by atoms with Gasteiger partial charge in [0, 0.05) is 49.2 Å². The van der Waals surface area contributed by atoms with E-state index >= 15 is 0 Å². The Morgan fingerprint density at radius 1 is 1.14 bits per heavy atom. The number of hydrogen-bond acceptors (Lipinski definition) is 6. The third kappa shape index (κ3) is 5.01. The smallest absolute Gasteiger partial charge is 0.321 e. The number of aromatic amines is 1. The molecule has 3 aromatic heterocycles. The Morgan fingerprint density at radius 3 is 2.71 bits per heavy atom. The number of morpholine rings is 1. The zero-order chi connectivity index (χ0) is 24.2. The van der Waals surface area contributed by atoms with Gasteiger partial charge >= 0.3 is 6.03 Å². The average molecular weight is 472 g/mol. The molecule has 4 aromatic rings. The minimum absolute atomic E-state index is 0.231. The number of rotatable bonds is 6. The summed E-state index contributed by atoms with van der Waals surface area (Å²) in [6, 6.07) is 14.0. The maximum Gasteiger partial charge on any atom is 0.321 e. The highest BCUT2D eigenvalue weighted by Crippen LogP contribution is 2.33. The molecule has 9 heteroatoms. The summed E-state index contributed by atoms with van der Waals surface area (Å²) in [5, 5.41) is 5.48. The molecule has 0 aliphatic carbocycles. The Labute approximate surface area is 204 Å². The lowest BCUT2D eigenvalue weighted by Crippen LogP contribution is -2.38. The number of nitrogens with zero attached hydrogens (tertiary/aromatic N) is 4. The lowest BCUT2D eigenvalue weighted by molar-refractivity contribution is 0.0191. The monoisotopic (exact) mass is 471 g/mol. The molecule has 0 spiro atoms. The number of ether oxygens (including phenoxy) is 1. The molecule has 1 saturated heterocycles. The van der Waals surface area contributed by atoms with Gasteiger partial charge in [0.15, 0.2) is 0 Å². The van der Waals surface area contributed by atoms with Crippen LogP contribution >= 0.6 is 0 Å². The van der Waals surface area contributed by atoms with Crippen molar-refractivity contribution in [2.45, 2.75) is 19.9 Å². The molecule has 1 aliphatic rings. The van der Waals surface area contributed by atoms with Gasteiger partial charge in [0.2, 0.25) is 5.95 Å². The number of hydrogen-bond donors (Lipinski definition) is 3. The molecule has 1 unspecified atom stereocenters. The van der Waals surface area contributed by atoms with Gasteiger partial charge in [0.05, 0.1) is 35.6 Å². The number of benzene rings is 1. The van der Waals surface area contributed by atoms with Gasteiger partial charge in [0.25, 0.3) is 0 Å². The Kier molecular flexibility index (Phi) is 6.69. The van der Waals surface area contributed by atoms with Crippen LogP contribution in [-0.2, 0) is 4.74 Å². The first-order valence-corrected chi connectivity index (χ1v) is 11.9. The second-order valence-electron chi connectivity index (χ2n) is 8.50. The lowest BCUT2D eigenvalue weighted by atomic mass is 10.0. The molecule has 180 valence electrons. The van der Waals surface area contributed by atoms with E-state index in [9.17, 15) is 4.79 Å². The van der Waals surface area contributed by atoms with Crippen molar-refractivity contribution in [3.05, 3.63) is 60.6 Å². The molecule has 5 rings (SSSR count). The summed E-state index contributed by atoms with van der Waals surface area (Å²) in [7, 11) is 0. The van der Waals surface area contributed by atoms with E-state index in [-0.39, 0.29) is 12.1 Å². The van der Waals surface area contributed by atoms with Crippen LogP contribution in [0.15, 0.2) is 54.9 Å². The van der Waals surface area contributed by atoms with Crippen molar-refractivity contribution in [1.29, 1.82) is 0 Å². The molecular weight excluding hydrogens is 442 g/mol. The van der Waals surface area contributed by atoms with Crippen molar-refractivity contribution in [2.24, 2.45) is 0 Å². The summed E-state index contributed by atoms with van der Waals surface area (Å²) in [5.41, 5.74) is 6.26. The number of nitrogens with one attached hydrogen (secondary N) is 3. The van der Waals surface area contributed by atoms with Crippen molar-refractivity contribution < 1.29 is 9.53 Å². The fraction of sp³-hybridized carbons (Fsp3) is 0.308. The van der Waals surface area contributed by atoms with E-state index in [4.69, 9.17) is 9.72 Å². The average Bonchev–Trinajstić information content (AvgIpc) is 3.31.